The molecule has 0 radical (unpaired) electrons. The third-order valence-corrected chi connectivity index (χ3v) is 2.67. The zero-order valence-electron chi connectivity index (χ0n) is 10.1. The molecular weight excluding hydrogens is 202 g/mol. The number of hydrogen-bond donors (Lipinski definition) is 2. The van der Waals surface area contributed by atoms with Gasteiger partial charge in [-0.1, -0.05) is 6.42 Å². The molecule has 1 aromatic rings. The van der Waals surface area contributed by atoms with Gasteiger partial charge in [-0.2, -0.15) is 0 Å². The van der Waals surface area contributed by atoms with E-state index in [4.69, 9.17) is 0 Å². The number of pyridine rings is 1. The summed E-state index contributed by atoms with van der Waals surface area (Å²) in [6.45, 7) is 2.64. The highest BCUT2D eigenvalue weighted by Gasteiger charge is 2.02. The summed E-state index contributed by atoms with van der Waals surface area (Å²) in [7, 11) is 3.91. The van der Waals surface area contributed by atoms with E-state index in [1.54, 1.807) is 25.4 Å². The topological polar surface area (TPSA) is 48.1 Å². The summed E-state index contributed by atoms with van der Waals surface area (Å²) < 4.78 is 0. The van der Waals surface area contributed by atoms with Gasteiger partial charge in [-0.15, -0.1) is 0 Å². The lowest BCUT2D eigenvalue weighted by Gasteiger charge is -2.20. The Morgan fingerprint density at radius 1 is 1.38 bits per heavy atom. The molecule has 0 bridgehead atoms. The lowest BCUT2D eigenvalue weighted by molar-refractivity contribution is 0.277. The second-order valence-corrected chi connectivity index (χ2v) is 4.03. The molecule has 0 aromatic carbocycles. The van der Waals surface area contributed by atoms with E-state index in [0.717, 1.165) is 0 Å². The molecule has 0 saturated carbocycles. The van der Waals surface area contributed by atoms with Crippen LogP contribution in [0.15, 0.2) is 23.1 Å². The number of aromatic amines is 1. The molecule has 2 rings (SSSR count). The standard InChI is InChI=1S/C6H8N2O.C6H13N.H2/c1-7-5-3-2-4-8-6(5)9;1-7-5-3-2-4-6-7;/h2-4,7H,1H3,(H,8,9);2-6H2,1H3;1H. The quantitative estimate of drug-likeness (QED) is 0.765. The molecule has 1 fully saturated rings. The molecule has 4 heteroatoms. The summed E-state index contributed by atoms with van der Waals surface area (Å²) in [5.41, 5.74) is 0.512. The van der Waals surface area contributed by atoms with Gasteiger partial charge < -0.3 is 15.2 Å². The van der Waals surface area contributed by atoms with Crippen molar-refractivity contribution in [2.24, 2.45) is 0 Å². The Bertz CT molecular complexity index is 348. The lowest BCUT2D eigenvalue weighted by atomic mass is 10.1. The number of anilines is 1. The van der Waals surface area contributed by atoms with Crippen LogP contribution in [0.3, 0.4) is 0 Å². The van der Waals surface area contributed by atoms with Crippen molar-refractivity contribution < 1.29 is 1.43 Å². The third-order valence-electron chi connectivity index (χ3n) is 2.67. The number of nitrogens with one attached hydrogen (secondary N) is 2. The number of nitrogens with zero attached hydrogens (tertiary/aromatic N) is 1. The molecule has 0 spiro atoms. The summed E-state index contributed by atoms with van der Waals surface area (Å²) in [5.74, 6) is 0. The zero-order valence-corrected chi connectivity index (χ0v) is 10.1. The van der Waals surface area contributed by atoms with Gasteiger partial charge in [0, 0.05) is 14.7 Å². The molecule has 0 unspecified atom stereocenters. The molecule has 1 aliphatic heterocycles. The van der Waals surface area contributed by atoms with Crippen LogP contribution >= 0.6 is 0 Å². The minimum absolute atomic E-state index is 0. The maximum Gasteiger partial charge on any atom is 0.271 e. The zero-order chi connectivity index (χ0) is 11.8. The van der Waals surface area contributed by atoms with E-state index in [0.29, 0.717) is 5.69 Å². The van der Waals surface area contributed by atoms with E-state index in [-0.39, 0.29) is 6.99 Å². The maximum absolute atomic E-state index is 10.7. The van der Waals surface area contributed by atoms with Crippen molar-refractivity contribution in [1.29, 1.82) is 0 Å². The van der Waals surface area contributed by atoms with Gasteiger partial charge in [-0.3, -0.25) is 4.79 Å². The Hall–Kier alpha value is -1.29. The van der Waals surface area contributed by atoms with Crippen LogP contribution in [0.25, 0.3) is 0 Å². The first kappa shape index (κ1) is 12.8. The average Bonchev–Trinajstić information content (AvgIpc) is 2.31. The predicted molar refractivity (Wildman–Crippen MR) is 70.1 cm³/mol. The normalized spacial score (nSPS) is 16.1. The molecule has 2 heterocycles. The van der Waals surface area contributed by atoms with Gasteiger partial charge in [0.2, 0.25) is 0 Å². The molecule has 0 amide bonds. The Kier molecular flexibility index (Phi) is 5.64. The van der Waals surface area contributed by atoms with Crippen molar-refractivity contribution in [1.82, 2.24) is 9.88 Å². The van der Waals surface area contributed by atoms with Gasteiger partial charge in [-0.05, 0) is 45.1 Å². The van der Waals surface area contributed by atoms with Gasteiger partial charge >= 0.3 is 0 Å². The Labute approximate surface area is 98.2 Å². The molecular formula is C12H23N3O. The van der Waals surface area contributed by atoms with E-state index in [1.807, 2.05) is 0 Å². The molecule has 1 aromatic heterocycles. The van der Waals surface area contributed by atoms with Gasteiger partial charge in [0.05, 0.1) is 0 Å². The van der Waals surface area contributed by atoms with Crippen LogP contribution < -0.4 is 10.9 Å². The highest BCUT2D eigenvalue weighted by Crippen LogP contribution is 2.04. The van der Waals surface area contributed by atoms with Crippen molar-refractivity contribution in [3.63, 3.8) is 0 Å². The van der Waals surface area contributed by atoms with E-state index < -0.39 is 0 Å². The number of likely N-dealkylation sites (tertiary alicyclic amines) is 1. The molecule has 2 N–H and O–H groups in total. The summed E-state index contributed by atoms with van der Waals surface area (Å²) in [5, 5.41) is 2.75. The Morgan fingerprint density at radius 3 is 2.44 bits per heavy atom. The first-order valence-corrected chi connectivity index (χ1v) is 5.78. The van der Waals surface area contributed by atoms with Crippen LogP contribution in [0.5, 0.6) is 0 Å². The lowest BCUT2D eigenvalue weighted by Crippen LogP contribution is -2.24. The van der Waals surface area contributed by atoms with E-state index in [9.17, 15) is 4.79 Å². The number of H-pyrrole nitrogens is 1. The molecule has 92 valence electrons. The van der Waals surface area contributed by atoms with Crippen LogP contribution in [-0.4, -0.2) is 37.1 Å². The summed E-state index contributed by atoms with van der Waals surface area (Å²) in [4.78, 5) is 15.7. The van der Waals surface area contributed by atoms with Crippen molar-refractivity contribution in [3.8, 4) is 0 Å². The van der Waals surface area contributed by atoms with Crippen LogP contribution in [0.1, 0.15) is 20.7 Å². The minimum Gasteiger partial charge on any atom is -0.384 e. The fourth-order valence-electron chi connectivity index (χ4n) is 1.67. The Morgan fingerprint density at radius 2 is 2.06 bits per heavy atom. The van der Waals surface area contributed by atoms with Crippen LogP contribution in [0.4, 0.5) is 5.69 Å². The Balaban J connectivity index is 0.000000292. The molecule has 4 nitrogen and oxygen atoms in total. The largest absolute Gasteiger partial charge is 0.384 e. The van der Waals surface area contributed by atoms with Crippen molar-refractivity contribution in [3.05, 3.63) is 28.7 Å². The van der Waals surface area contributed by atoms with Crippen molar-refractivity contribution in [2.75, 3.05) is 32.5 Å². The van der Waals surface area contributed by atoms with Crippen molar-refractivity contribution >= 4 is 5.69 Å². The van der Waals surface area contributed by atoms with Gasteiger partial charge in [-0.25, -0.2) is 0 Å². The van der Waals surface area contributed by atoms with Crippen LogP contribution in [-0.2, 0) is 0 Å². The minimum atomic E-state index is -0.0833. The van der Waals surface area contributed by atoms with Crippen LogP contribution in [0, 0.1) is 0 Å². The fourth-order valence-corrected chi connectivity index (χ4v) is 1.67. The molecule has 0 atom stereocenters. The highest BCUT2D eigenvalue weighted by atomic mass is 16.1. The smallest absolute Gasteiger partial charge is 0.271 e. The summed E-state index contributed by atoms with van der Waals surface area (Å²) in [6, 6.07) is 3.49. The second-order valence-electron chi connectivity index (χ2n) is 4.03. The number of aromatic nitrogens is 1. The highest BCUT2D eigenvalue weighted by molar-refractivity contribution is 5.38. The fraction of sp³-hybridized carbons (Fsp3) is 0.583. The summed E-state index contributed by atoms with van der Waals surface area (Å²) in [6.07, 6.45) is 5.88. The van der Waals surface area contributed by atoms with Crippen molar-refractivity contribution in [2.45, 2.75) is 19.3 Å². The monoisotopic (exact) mass is 225 g/mol. The van der Waals surface area contributed by atoms with Crippen LogP contribution in [0.2, 0.25) is 0 Å². The van der Waals surface area contributed by atoms with E-state index in [2.05, 4.69) is 22.2 Å². The average molecular weight is 225 g/mol. The molecule has 1 saturated heterocycles. The SMILES string of the molecule is CN1CCCCC1.CNc1ccc[nH]c1=O.[HH]. The van der Waals surface area contributed by atoms with Gasteiger partial charge in [0.25, 0.3) is 5.56 Å². The van der Waals surface area contributed by atoms with Gasteiger partial charge in [0.15, 0.2) is 0 Å². The summed E-state index contributed by atoms with van der Waals surface area (Å²) >= 11 is 0. The number of piperidine rings is 1. The first-order chi connectivity index (χ1) is 7.74. The third kappa shape index (κ3) is 4.49. The molecule has 16 heavy (non-hydrogen) atoms. The number of hydrogen-bond acceptors (Lipinski definition) is 3. The second kappa shape index (κ2) is 7.06. The van der Waals surface area contributed by atoms with E-state index >= 15 is 0 Å². The van der Waals surface area contributed by atoms with Gasteiger partial charge in [0.1, 0.15) is 5.69 Å². The van der Waals surface area contributed by atoms with E-state index in [1.165, 1.54) is 32.4 Å². The maximum atomic E-state index is 10.7. The first-order valence-electron chi connectivity index (χ1n) is 5.78. The predicted octanol–water partition coefficient (Wildman–Crippen LogP) is 1.76. The number of rotatable bonds is 1. The molecule has 0 aliphatic carbocycles. The molecule has 1 aliphatic rings.